The first-order chi connectivity index (χ1) is 18.1. The molecule has 0 atom stereocenters. The monoisotopic (exact) mass is 540 g/mol. The number of aryl methyl sites for hydroxylation is 2. The van der Waals surface area contributed by atoms with E-state index in [0.717, 1.165) is 33.0 Å². The Hall–Kier alpha value is -4.22. The standard InChI is InChI=1S/C32H22Cl2O4/c1-19-13-29(33)11-9-23(19)5-7-25-15-27-18-32(38-22(4)36)26(16-28(27)17-31(25)37-21(3)35)8-6-24-10-12-30(34)14-20(24)2/h9-18H,1-4H3. The van der Waals surface area contributed by atoms with Crippen molar-refractivity contribution in [3.05, 3.63) is 104 Å². The maximum Gasteiger partial charge on any atom is 0.308 e. The van der Waals surface area contributed by atoms with Crippen molar-refractivity contribution in [1.82, 2.24) is 0 Å². The summed E-state index contributed by atoms with van der Waals surface area (Å²) in [5.41, 5.74) is 4.46. The number of fused-ring (bicyclic) bond motifs is 1. The van der Waals surface area contributed by atoms with Gasteiger partial charge in [-0.3, -0.25) is 9.59 Å². The molecule has 0 spiro atoms. The van der Waals surface area contributed by atoms with Crippen molar-refractivity contribution < 1.29 is 19.1 Å². The Morgan fingerprint density at radius 3 is 1.29 bits per heavy atom. The van der Waals surface area contributed by atoms with Crippen LogP contribution in [-0.2, 0) is 9.59 Å². The quantitative estimate of drug-likeness (QED) is 0.151. The molecule has 0 N–H and O–H groups in total. The van der Waals surface area contributed by atoms with Gasteiger partial charge in [-0.1, -0.05) is 46.9 Å². The van der Waals surface area contributed by atoms with Gasteiger partial charge in [0.2, 0.25) is 0 Å². The number of rotatable bonds is 2. The lowest BCUT2D eigenvalue weighted by Crippen LogP contribution is -2.04. The zero-order valence-corrected chi connectivity index (χ0v) is 22.7. The number of halogens is 2. The van der Waals surface area contributed by atoms with Crippen LogP contribution in [0.1, 0.15) is 47.2 Å². The summed E-state index contributed by atoms with van der Waals surface area (Å²) in [4.78, 5) is 23.7. The molecule has 4 aromatic carbocycles. The van der Waals surface area contributed by atoms with Gasteiger partial charge in [0.25, 0.3) is 0 Å². The maximum absolute atomic E-state index is 11.9. The van der Waals surface area contributed by atoms with Crippen molar-refractivity contribution in [1.29, 1.82) is 0 Å². The summed E-state index contributed by atoms with van der Waals surface area (Å²) in [5, 5.41) is 2.73. The van der Waals surface area contributed by atoms with Gasteiger partial charge in [0.1, 0.15) is 11.5 Å². The molecule has 0 bridgehead atoms. The fourth-order valence-corrected chi connectivity index (χ4v) is 4.24. The lowest BCUT2D eigenvalue weighted by molar-refractivity contribution is -0.132. The highest BCUT2D eigenvalue weighted by molar-refractivity contribution is 6.31. The van der Waals surface area contributed by atoms with Gasteiger partial charge in [0, 0.05) is 35.0 Å². The first-order valence-electron chi connectivity index (χ1n) is 11.6. The maximum atomic E-state index is 11.9. The molecule has 0 aliphatic rings. The fraction of sp³-hybridized carbons (Fsp3) is 0.125. The molecule has 4 rings (SSSR count). The smallest absolute Gasteiger partial charge is 0.308 e. The van der Waals surface area contributed by atoms with E-state index in [1.807, 2.05) is 38.1 Å². The van der Waals surface area contributed by atoms with E-state index in [1.54, 1.807) is 36.4 Å². The van der Waals surface area contributed by atoms with E-state index < -0.39 is 11.9 Å². The molecule has 38 heavy (non-hydrogen) atoms. The predicted molar refractivity (Wildman–Crippen MR) is 151 cm³/mol. The van der Waals surface area contributed by atoms with Gasteiger partial charge in [-0.15, -0.1) is 0 Å². The minimum absolute atomic E-state index is 0.316. The molecule has 4 nitrogen and oxygen atoms in total. The summed E-state index contributed by atoms with van der Waals surface area (Å²) in [6, 6.07) is 17.9. The van der Waals surface area contributed by atoms with Crippen molar-refractivity contribution >= 4 is 45.9 Å². The number of esters is 2. The number of hydrogen-bond acceptors (Lipinski definition) is 4. The number of carbonyl (C=O) groups excluding carboxylic acids is 2. The number of benzene rings is 4. The van der Waals surface area contributed by atoms with Gasteiger partial charge in [-0.2, -0.15) is 0 Å². The molecular formula is C32H22Cl2O4. The molecule has 0 saturated heterocycles. The van der Waals surface area contributed by atoms with Crippen molar-refractivity contribution in [2.24, 2.45) is 0 Å². The van der Waals surface area contributed by atoms with E-state index in [1.165, 1.54) is 13.8 Å². The van der Waals surface area contributed by atoms with Crippen LogP contribution in [0.4, 0.5) is 0 Å². The highest BCUT2D eigenvalue weighted by atomic mass is 35.5. The zero-order chi connectivity index (χ0) is 27.4. The molecule has 0 aliphatic heterocycles. The van der Waals surface area contributed by atoms with E-state index in [4.69, 9.17) is 32.7 Å². The van der Waals surface area contributed by atoms with E-state index in [9.17, 15) is 9.59 Å². The SMILES string of the molecule is CC(=O)Oc1cc2cc(C#Cc3ccc(Cl)cc3C)c(OC(C)=O)cc2cc1C#Cc1ccc(Cl)cc1C. The summed E-state index contributed by atoms with van der Waals surface area (Å²) in [7, 11) is 0. The van der Waals surface area contributed by atoms with Crippen LogP contribution < -0.4 is 9.47 Å². The Morgan fingerprint density at radius 2 is 0.947 bits per heavy atom. The van der Waals surface area contributed by atoms with Crippen LogP contribution in [0.2, 0.25) is 10.0 Å². The van der Waals surface area contributed by atoms with Crippen LogP contribution >= 0.6 is 23.2 Å². The molecular weight excluding hydrogens is 519 g/mol. The second kappa shape index (κ2) is 11.4. The normalized spacial score (nSPS) is 10.2. The largest absolute Gasteiger partial charge is 0.425 e. The Morgan fingerprint density at radius 1 is 0.579 bits per heavy atom. The molecule has 0 fully saturated rings. The van der Waals surface area contributed by atoms with Gasteiger partial charge in [0.05, 0.1) is 11.1 Å². The predicted octanol–water partition coefficient (Wildman–Crippen LogP) is 7.41. The van der Waals surface area contributed by atoms with Crippen LogP contribution in [0.15, 0.2) is 60.7 Å². The second-order valence-corrected chi connectivity index (χ2v) is 9.52. The number of carbonyl (C=O) groups is 2. The highest BCUT2D eigenvalue weighted by Gasteiger charge is 2.12. The van der Waals surface area contributed by atoms with Gasteiger partial charge in [-0.05, 0) is 96.4 Å². The van der Waals surface area contributed by atoms with Gasteiger partial charge < -0.3 is 9.47 Å². The van der Waals surface area contributed by atoms with Crippen LogP contribution in [0, 0.1) is 37.5 Å². The highest BCUT2D eigenvalue weighted by Crippen LogP contribution is 2.32. The Labute approximate surface area is 231 Å². The van der Waals surface area contributed by atoms with Crippen LogP contribution in [0.25, 0.3) is 10.8 Å². The first-order valence-corrected chi connectivity index (χ1v) is 12.4. The van der Waals surface area contributed by atoms with Crippen molar-refractivity contribution in [2.45, 2.75) is 27.7 Å². The third kappa shape index (κ3) is 6.55. The Kier molecular flexibility index (Phi) is 8.08. The third-order valence-corrected chi connectivity index (χ3v) is 6.06. The van der Waals surface area contributed by atoms with E-state index in [2.05, 4.69) is 23.7 Å². The lowest BCUT2D eigenvalue weighted by atomic mass is 10.0. The second-order valence-electron chi connectivity index (χ2n) is 8.65. The molecule has 0 aromatic heterocycles. The molecule has 0 aliphatic carbocycles. The van der Waals surface area contributed by atoms with Gasteiger partial charge in [0.15, 0.2) is 0 Å². The summed E-state index contributed by atoms with van der Waals surface area (Å²) in [6.07, 6.45) is 0. The first kappa shape index (κ1) is 26.8. The van der Waals surface area contributed by atoms with E-state index in [-0.39, 0.29) is 0 Å². The Balaban J connectivity index is 1.86. The third-order valence-electron chi connectivity index (χ3n) is 5.59. The number of ether oxygens (including phenoxy) is 2. The zero-order valence-electron chi connectivity index (χ0n) is 21.2. The molecule has 0 heterocycles. The van der Waals surface area contributed by atoms with Gasteiger partial charge in [-0.25, -0.2) is 0 Å². The van der Waals surface area contributed by atoms with Crippen molar-refractivity contribution in [3.8, 4) is 35.2 Å². The summed E-state index contributed by atoms with van der Waals surface area (Å²) < 4.78 is 11.0. The average molecular weight is 541 g/mol. The van der Waals surface area contributed by atoms with E-state index >= 15 is 0 Å². The minimum atomic E-state index is -0.468. The molecule has 4 aromatic rings. The molecule has 0 amide bonds. The van der Waals surface area contributed by atoms with Crippen LogP contribution in [0.3, 0.4) is 0 Å². The lowest BCUT2D eigenvalue weighted by Gasteiger charge is -2.10. The van der Waals surface area contributed by atoms with E-state index in [0.29, 0.717) is 32.7 Å². The van der Waals surface area contributed by atoms with Crippen LogP contribution in [0.5, 0.6) is 11.5 Å². The van der Waals surface area contributed by atoms with Crippen molar-refractivity contribution in [3.63, 3.8) is 0 Å². The van der Waals surface area contributed by atoms with Crippen LogP contribution in [-0.4, -0.2) is 11.9 Å². The number of hydrogen-bond donors (Lipinski definition) is 0. The summed E-state index contributed by atoms with van der Waals surface area (Å²) >= 11 is 12.1. The fourth-order valence-electron chi connectivity index (χ4n) is 3.79. The molecule has 0 unspecified atom stereocenters. The summed E-state index contributed by atoms with van der Waals surface area (Å²) in [6.45, 7) is 6.51. The molecule has 0 radical (unpaired) electrons. The van der Waals surface area contributed by atoms with Crippen molar-refractivity contribution in [2.75, 3.05) is 0 Å². The van der Waals surface area contributed by atoms with Gasteiger partial charge >= 0.3 is 11.9 Å². The topological polar surface area (TPSA) is 52.6 Å². The Bertz CT molecular complexity index is 1600. The average Bonchev–Trinajstić information content (AvgIpc) is 2.82. The minimum Gasteiger partial charge on any atom is -0.425 e. The summed E-state index contributed by atoms with van der Waals surface area (Å²) in [5.74, 6) is 12.2. The molecule has 188 valence electrons. The molecule has 6 heteroatoms. The molecule has 0 saturated carbocycles.